The van der Waals surface area contributed by atoms with Crippen molar-refractivity contribution in [3.8, 4) is 11.3 Å². The highest BCUT2D eigenvalue weighted by atomic mass is 32.2. The number of anilines is 1. The van der Waals surface area contributed by atoms with E-state index in [1.54, 1.807) is 0 Å². The van der Waals surface area contributed by atoms with E-state index in [0.717, 1.165) is 46.3 Å². The molecular weight excluding hydrogens is 378 g/mol. The largest absolute Gasteiger partial charge is 0.356 e. The van der Waals surface area contributed by atoms with Crippen molar-refractivity contribution >= 4 is 39.9 Å². The number of hydrogen-bond donors (Lipinski definition) is 2. The van der Waals surface area contributed by atoms with Gasteiger partial charge in [-0.1, -0.05) is 72.7 Å². The maximum absolute atomic E-state index is 12.7. The number of hydrogen-bond acceptors (Lipinski definition) is 5. The van der Waals surface area contributed by atoms with Gasteiger partial charge in [0.2, 0.25) is 11.8 Å². The smallest absolute Gasteiger partial charge is 0.230 e. The van der Waals surface area contributed by atoms with Gasteiger partial charge in [0.15, 0.2) is 4.34 Å². The topological polar surface area (TPSA) is 71.1 Å². The van der Waals surface area contributed by atoms with Crippen molar-refractivity contribution in [2.75, 3.05) is 17.6 Å². The van der Waals surface area contributed by atoms with Crippen LogP contribution in [0.25, 0.3) is 11.3 Å². The van der Waals surface area contributed by atoms with Gasteiger partial charge in [-0.15, -0.1) is 0 Å². The van der Waals surface area contributed by atoms with Crippen molar-refractivity contribution < 1.29 is 9.59 Å². The number of thioether (sulfide) groups is 1. The molecule has 2 aromatic rings. The summed E-state index contributed by atoms with van der Waals surface area (Å²) in [6.45, 7) is 2.52. The van der Waals surface area contributed by atoms with E-state index in [9.17, 15) is 9.59 Å². The van der Waals surface area contributed by atoms with Crippen LogP contribution < -0.4 is 10.6 Å². The summed E-state index contributed by atoms with van der Waals surface area (Å²) in [7, 11) is 0. The monoisotopic (exact) mass is 403 g/mol. The first kappa shape index (κ1) is 19.9. The minimum Gasteiger partial charge on any atom is -0.356 e. The van der Waals surface area contributed by atoms with Crippen LogP contribution in [-0.4, -0.2) is 29.1 Å². The molecule has 0 bridgehead atoms. The zero-order valence-corrected chi connectivity index (χ0v) is 17.1. The molecule has 2 N–H and O–H groups in total. The van der Waals surface area contributed by atoms with Gasteiger partial charge in [0.1, 0.15) is 10.7 Å². The standard InChI is InChI=1S/C20H25N3O2S2/c1-2-21-16(24)13-26-20-22-17(14-9-5-3-6-10-14)19(27-20)23-18(25)15-11-7-4-8-12-15/h3,5-6,9-10,15H,2,4,7-8,11-13H2,1H3,(H,21,24)(H,23,25). The third-order valence-corrected chi connectivity index (χ3v) is 6.68. The zero-order chi connectivity index (χ0) is 19.1. The average Bonchev–Trinajstić information content (AvgIpc) is 3.10. The van der Waals surface area contributed by atoms with Crippen molar-refractivity contribution in [2.45, 2.75) is 43.4 Å². The number of amides is 2. The van der Waals surface area contributed by atoms with E-state index in [0.29, 0.717) is 12.3 Å². The minimum absolute atomic E-state index is 0.00764. The average molecular weight is 404 g/mol. The predicted molar refractivity (Wildman–Crippen MR) is 112 cm³/mol. The molecule has 7 heteroatoms. The van der Waals surface area contributed by atoms with Crippen molar-refractivity contribution in [1.29, 1.82) is 0 Å². The van der Waals surface area contributed by atoms with Crippen LogP contribution in [0.15, 0.2) is 34.7 Å². The Morgan fingerprint density at radius 2 is 1.93 bits per heavy atom. The summed E-state index contributed by atoms with van der Waals surface area (Å²) in [5.41, 5.74) is 1.75. The second-order valence-electron chi connectivity index (χ2n) is 6.59. The Balaban J connectivity index is 1.77. The summed E-state index contributed by atoms with van der Waals surface area (Å²) >= 11 is 2.85. The predicted octanol–water partition coefficient (Wildman–Crippen LogP) is 4.56. The highest BCUT2D eigenvalue weighted by Gasteiger charge is 2.23. The Kier molecular flexibility index (Phi) is 7.29. The van der Waals surface area contributed by atoms with Gasteiger partial charge in [0, 0.05) is 18.0 Å². The first-order valence-corrected chi connectivity index (χ1v) is 11.2. The Hall–Kier alpha value is -1.86. The molecule has 1 aliphatic carbocycles. The SMILES string of the molecule is CCNC(=O)CSc1nc(-c2ccccc2)c(NC(=O)C2CCCCC2)s1. The van der Waals surface area contributed by atoms with Crippen LogP contribution in [0.2, 0.25) is 0 Å². The van der Waals surface area contributed by atoms with Gasteiger partial charge in [-0.05, 0) is 19.8 Å². The lowest BCUT2D eigenvalue weighted by Gasteiger charge is -2.20. The van der Waals surface area contributed by atoms with Gasteiger partial charge in [0.05, 0.1) is 5.75 Å². The molecule has 1 saturated carbocycles. The molecule has 1 fully saturated rings. The third kappa shape index (κ3) is 5.56. The van der Waals surface area contributed by atoms with Crippen LogP contribution in [0.1, 0.15) is 39.0 Å². The molecule has 0 spiro atoms. The number of thiazole rings is 1. The number of nitrogens with one attached hydrogen (secondary N) is 2. The van der Waals surface area contributed by atoms with Crippen LogP contribution in [0.3, 0.4) is 0 Å². The Morgan fingerprint density at radius 1 is 1.19 bits per heavy atom. The van der Waals surface area contributed by atoms with Crippen LogP contribution in [0.4, 0.5) is 5.00 Å². The summed E-state index contributed by atoms with van der Waals surface area (Å²) in [6, 6.07) is 9.86. The Morgan fingerprint density at radius 3 is 2.63 bits per heavy atom. The maximum Gasteiger partial charge on any atom is 0.230 e. The van der Waals surface area contributed by atoms with E-state index in [1.165, 1.54) is 29.5 Å². The fourth-order valence-electron chi connectivity index (χ4n) is 3.19. The highest BCUT2D eigenvalue weighted by molar-refractivity contribution is 8.01. The lowest BCUT2D eigenvalue weighted by molar-refractivity contribution is -0.121. The van der Waals surface area contributed by atoms with E-state index in [-0.39, 0.29) is 17.7 Å². The van der Waals surface area contributed by atoms with Gasteiger partial charge in [-0.2, -0.15) is 0 Å². The normalized spacial score (nSPS) is 14.7. The molecular formula is C20H25N3O2S2. The molecule has 1 aliphatic rings. The number of rotatable bonds is 7. The molecule has 0 unspecified atom stereocenters. The number of nitrogens with zero attached hydrogens (tertiary/aromatic N) is 1. The van der Waals surface area contributed by atoms with Crippen molar-refractivity contribution in [1.82, 2.24) is 10.3 Å². The van der Waals surface area contributed by atoms with Crippen molar-refractivity contribution in [3.05, 3.63) is 30.3 Å². The first-order valence-electron chi connectivity index (χ1n) is 9.44. The molecule has 1 heterocycles. The fourth-order valence-corrected chi connectivity index (χ4v) is 5.09. The zero-order valence-electron chi connectivity index (χ0n) is 15.5. The van der Waals surface area contributed by atoms with E-state index >= 15 is 0 Å². The molecule has 3 rings (SSSR count). The van der Waals surface area contributed by atoms with Crippen LogP contribution in [0.5, 0.6) is 0 Å². The molecule has 0 radical (unpaired) electrons. The Bertz CT molecular complexity index is 771. The fraction of sp³-hybridized carbons (Fsp3) is 0.450. The van der Waals surface area contributed by atoms with E-state index in [4.69, 9.17) is 4.98 Å². The molecule has 144 valence electrons. The summed E-state index contributed by atoms with van der Waals surface area (Å²) in [5, 5.41) is 6.68. The van der Waals surface area contributed by atoms with Crippen molar-refractivity contribution in [3.63, 3.8) is 0 Å². The van der Waals surface area contributed by atoms with Gasteiger partial charge in [0.25, 0.3) is 0 Å². The second-order valence-corrected chi connectivity index (χ2v) is 8.81. The number of carbonyl (C=O) groups is 2. The number of carbonyl (C=O) groups excluding carboxylic acids is 2. The summed E-state index contributed by atoms with van der Waals surface area (Å²) in [6.07, 6.45) is 5.40. The molecule has 5 nitrogen and oxygen atoms in total. The Labute approximate surface area is 168 Å². The van der Waals surface area contributed by atoms with E-state index in [2.05, 4.69) is 10.6 Å². The van der Waals surface area contributed by atoms with Gasteiger partial charge < -0.3 is 10.6 Å². The second kappa shape index (κ2) is 9.90. The molecule has 1 aromatic heterocycles. The lowest BCUT2D eigenvalue weighted by Crippen LogP contribution is -2.24. The summed E-state index contributed by atoms with van der Waals surface area (Å²) in [4.78, 5) is 29.1. The summed E-state index contributed by atoms with van der Waals surface area (Å²) in [5.74, 6) is 0.504. The molecule has 0 atom stereocenters. The maximum atomic E-state index is 12.7. The van der Waals surface area contributed by atoms with Crippen LogP contribution in [-0.2, 0) is 9.59 Å². The molecule has 1 aromatic carbocycles. The molecule has 27 heavy (non-hydrogen) atoms. The molecule has 2 amide bonds. The van der Waals surface area contributed by atoms with E-state index < -0.39 is 0 Å². The van der Waals surface area contributed by atoms with Crippen LogP contribution in [0, 0.1) is 5.92 Å². The lowest BCUT2D eigenvalue weighted by atomic mass is 9.89. The van der Waals surface area contributed by atoms with Gasteiger partial charge in [-0.25, -0.2) is 4.98 Å². The number of benzene rings is 1. The highest BCUT2D eigenvalue weighted by Crippen LogP contribution is 2.38. The minimum atomic E-state index is -0.00764. The van der Waals surface area contributed by atoms with Crippen molar-refractivity contribution in [2.24, 2.45) is 5.92 Å². The first-order chi connectivity index (χ1) is 13.2. The molecule has 0 aliphatic heterocycles. The third-order valence-electron chi connectivity index (χ3n) is 4.57. The van der Waals surface area contributed by atoms with Crippen LogP contribution >= 0.6 is 23.1 Å². The number of aromatic nitrogens is 1. The summed E-state index contributed by atoms with van der Waals surface area (Å²) < 4.78 is 0.791. The van der Waals surface area contributed by atoms with Gasteiger partial charge in [-0.3, -0.25) is 9.59 Å². The molecule has 0 saturated heterocycles. The quantitative estimate of drug-likeness (QED) is 0.665. The van der Waals surface area contributed by atoms with Gasteiger partial charge >= 0.3 is 0 Å². The van der Waals surface area contributed by atoms with E-state index in [1.807, 2.05) is 37.3 Å².